The number of carbonyl (C=O) groups excluding carboxylic acids is 1. The zero-order valence-corrected chi connectivity index (χ0v) is 17.4. The number of nitrogens with zero attached hydrogens (tertiary/aromatic N) is 5. The van der Waals surface area contributed by atoms with Crippen LogP contribution in [0.1, 0.15) is 49.5 Å². The molecule has 0 unspecified atom stereocenters. The Balaban J connectivity index is 1.30. The molecular formula is C23H28N6O. The standard InChI is InChI=1S/C23H28N6O/c1-17-26-15-20(21-4-2-3-10-25-21)23(28-17)19-7-5-18(6-8-19)14-27-22(30)9-12-29-13-11-24-16-29/h2-4,10-11,13,15-16,18-19H,5-9,12,14H2,1H3,(H,27,30). The number of pyridine rings is 1. The van der Waals surface area contributed by atoms with Crippen LogP contribution in [0.5, 0.6) is 0 Å². The molecule has 1 amide bonds. The molecule has 1 saturated carbocycles. The Bertz CT molecular complexity index is 949. The summed E-state index contributed by atoms with van der Waals surface area (Å²) in [6.07, 6.45) is 13.9. The normalized spacial score (nSPS) is 18.8. The summed E-state index contributed by atoms with van der Waals surface area (Å²) in [6, 6.07) is 5.94. The molecule has 1 N–H and O–H groups in total. The smallest absolute Gasteiger partial charge is 0.221 e. The summed E-state index contributed by atoms with van der Waals surface area (Å²) in [6.45, 7) is 3.37. The minimum absolute atomic E-state index is 0.106. The molecule has 30 heavy (non-hydrogen) atoms. The van der Waals surface area contributed by atoms with Gasteiger partial charge in [0.2, 0.25) is 5.91 Å². The molecule has 0 saturated heterocycles. The van der Waals surface area contributed by atoms with Gasteiger partial charge in [0.25, 0.3) is 0 Å². The van der Waals surface area contributed by atoms with Gasteiger partial charge in [-0.1, -0.05) is 6.07 Å². The molecule has 3 aromatic rings. The Morgan fingerprint density at radius 2 is 2.03 bits per heavy atom. The van der Waals surface area contributed by atoms with Crippen molar-refractivity contribution >= 4 is 5.91 Å². The average molecular weight is 405 g/mol. The van der Waals surface area contributed by atoms with Gasteiger partial charge in [-0.25, -0.2) is 15.0 Å². The first-order valence-electron chi connectivity index (χ1n) is 10.7. The topological polar surface area (TPSA) is 85.6 Å². The number of nitrogens with one attached hydrogen (secondary N) is 1. The summed E-state index contributed by atoms with van der Waals surface area (Å²) >= 11 is 0. The van der Waals surface area contributed by atoms with Crippen molar-refractivity contribution in [3.8, 4) is 11.3 Å². The van der Waals surface area contributed by atoms with Gasteiger partial charge < -0.3 is 9.88 Å². The lowest BCUT2D eigenvalue weighted by atomic mass is 9.79. The third-order valence-corrected chi connectivity index (χ3v) is 5.86. The Labute approximate surface area is 177 Å². The van der Waals surface area contributed by atoms with E-state index in [0.29, 0.717) is 24.8 Å². The molecule has 7 nitrogen and oxygen atoms in total. The van der Waals surface area contributed by atoms with Crippen LogP contribution in [-0.4, -0.2) is 37.0 Å². The van der Waals surface area contributed by atoms with E-state index < -0.39 is 0 Å². The second-order valence-electron chi connectivity index (χ2n) is 8.00. The number of aromatic nitrogens is 5. The molecule has 7 heteroatoms. The van der Waals surface area contributed by atoms with Crippen molar-refractivity contribution in [3.63, 3.8) is 0 Å². The number of hydrogen-bond acceptors (Lipinski definition) is 5. The summed E-state index contributed by atoms with van der Waals surface area (Å²) in [5.74, 6) is 1.85. The molecule has 0 aromatic carbocycles. The average Bonchev–Trinajstić information content (AvgIpc) is 3.31. The van der Waals surface area contributed by atoms with E-state index in [0.717, 1.165) is 55.0 Å². The van der Waals surface area contributed by atoms with Crippen molar-refractivity contribution in [1.82, 2.24) is 29.8 Å². The maximum atomic E-state index is 12.1. The third kappa shape index (κ3) is 5.09. The van der Waals surface area contributed by atoms with Gasteiger partial charge in [0.1, 0.15) is 5.82 Å². The van der Waals surface area contributed by atoms with E-state index >= 15 is 0 Å². The maximum Gasteiger partial charge on any atom is 0.221 e. The van der Waals surface area contributed by atoms with Gasteiger partial charge in [0.15, 0.2) is 0 Å². The molecule has 1 fully saturated rings. The second kappa shape index (κ2) is 9.61. The molecule has 3 heterocycles. The monoisotopic (exact) mass is 404 g/mol. The van der Waals surface area contributed by atoms with Crippen molar-refractivity contribution in [1.29, 1.82) is 0 Å². The predicted molar refractivity (Wildman–Crippen MR) is 115 cm³/mol. The molecule has 4 rings (SSSR count). The maximum absolute atomic E-state index is 12.1. The number of hydrogen-bond donors (Lipinski definition) is 1. The lowest BCUT2D eigenvalue weighted by molar-refractivity contribution is -0.121. The summed E-state index contributed by atoms with van der Waals surface area (Å²) in [5, 5.41) is 3.11. The van der Waals surface area contributed by atoms with E-state index in [1.165, 1.54) is 0 Å². The van der Waals surface area contributed by atoms with E-state index in [1.54, 1.807) is 12.5 Å². The molecule has 0 atom stereocenters. The van der Waals surface area contributed by atoms with E-state index in [2.05, 4.69) is 20.3 Å². The molecule has 156 valence electrons. The number of aryl methyl sites for hydroxylation is 2. The zero-order valence-electron chi connectivity index (χ0n) is 17.4. The first-order chi connectivity index (χ1) is 14.7. The van der Waals surface area contributed by atoms with Crippen molar-refractivity contribution in [3.05, 3.63) is 60.8 Å². The van der Waals surface area contributed by atoms with E-state index in [1.807, 2.05) is 48.3 Å². The molecule has 0 bridgehead atoms. The molecule has 1 aliphatic carbocycles. The Morgan fingerprint density at radius 1 is 1.17 bits per heavy atom. The summed E-state index contributed by atoms with van der Waals surface area (Å²) in [4.78, 5) is 29.8. The first kappa shape index (κ1) is 20.2. The van der Waals surface area contributed by atoms with E-state index in [4.69, 9.17) is 4.98 Å². The summed E-state index contributed by atoms with van der Waals surface area (Å²) in [5.41, 5.74) is 3.08. The Kier molecular flexibility index (Phi) is 6.47. The van der Waals surface area contributed by atoms with Crippen LogP contribution in [0.2, 0.25) is 0 Å². The van der Waals surface area contributed by atoms with Crippen LogP contribution >= 0.6 is 0 Å². The van der Waals surface area contributed by atoms with Crippen LogP contribution in [0, 0.1) is 12.8 Å². The second-order valence-corrected chi connectivity index (χ2v) is 8.00. The molecule has 1 aliphatic rings. The molecule has 3 aromatic heterocycles. The van der Waals surface area contributed by atoms with Crippen molar-refractivity contribution < 1.29 is 4.79 Å². The molecular weight excluding hydrogens is 376 g/mol. The number of rotatable bonds is 7. The Hall–Kier alpha value is -3.09. The van der Waals surface area contributed by atoms with Crippen LogP contribution in [0.25, 0.3) is 11.3 Å². The largest absolute Gasteiger partial charge is 0.356 e. The third-order valence-electron chi connectivity index (χ3n) is 5.86. The van der Waals surface area contributed by atoms with Crippen LogP contribution in [0.15, 0.2) is 49.3 Å². The van der Waals surface area contributed by atoms with Crippen LogP contribution in [0.4, 0.5) is 0 Å². The quantitative estimate of drug-likeness (QED) is 0.651. The number of amides is 1. The van der Waals surface area contributed by atoms with Gasteiger partial charge in [0.05, 0.1) is 17.7 Å². The predicted octanol–water partition coefficient (Wildman–Crippen LogP) is 3.52. The SMILES string of the molecule is Cc1ncc(-c2ccccn2)c(C2CCC(CNC(=O)CCn3ccnc3)CC2)n1. The number of imidazole rings is 1. The van der Waals surface area contributed by atoms with Crippen LogP contribution < -0.4 is 5.32 Å². The highest BCUT2D eigenvalue weighted by molar-refractivity contribution is 5.75. The zero-order chi connectivity index (χ0) is 20.8. The highest BCUT2D eigenvalue weighted by atomic mass is 16.1. The van der Waals surface area contributed by atoms with Gasteiger partial charge in [0, 0.05) is 55.8 Å². The fourth-order valence-corrected chi connectivity index (χ4v) is 4.15. The fraction of sp³-hybridized carbons (Fsp3) is 0.435. The first-order valence-corrected chi connectivity index (χ1v) is 10.7. The van der Waals surface area contributed by atoms with Gasteiger partial charge in [-0.3, -0.25) is 9.78 Å². The Morgan fingerprint density at radius 3 is 2.77 bits per heavy atom. The van der Waals surface area contributed by atoms with Crippen molar-refractivity contribution in [2.75, 3.05) is 6.54 Å². The van der Waals surface area contributed by atoms with Gasteiger partial charge in [-0.2, -0.15) is 0 Å². The van der Waals surface area contributed by atoms with Crippen LogP contribution in [0.3, 0.4) is 0 Å². The van der Waals surface area contributed by atoms with Gasteiger partial charge >= 0.3 is 0 Å². The highest BCUT2D eigenvalue weighted by Gasteiger charge is 2.26. The minimum Gasteiger partial charge on any atom is -0.356 e. The lowest BCUT2D eigenvalue weighted by Crippen LogP contribution is -2.31. The molecule has 0 spiro atoms. The van der Waals surface area contributed by atoms with Crippen molar-refractivity contribution in [2.45, 2.75) is 51.5 Å². The fourth-order valence-electron chi connectivity index (χ4n) is 4.15. The van der Waals surface area contributed by atoms with Gasteiger partial charge in [-0.15, -0.1) is 0 Å². The minimum atomic E-state index is 0.106. The van der Waals surface area contributed by atoms with Gasteiger partial charge in [-0.05, 0) is 50.7 Å². The summed E-state index contributed by atoms with van der Waals surface area (Å²) in [7, 11) is 0. The molecule has 0 radical (unpaired) electrons. The number of carbonyl (C=O) groups is 1. The summed E-state index contributed by atoms with van der Waals surface area (Å²) < 4.78 is 1.92. The lowest BCUT2D eigenvalue weighted by Gasteiger charge is -2.29. The van der Waals surface area contributed by atoms with E-state index in [-0.39, 0.29) is 5.91 Å². The molecule has 0 aliphatic heterocycles. The highest BCUT2D eigenvalue weighted by Crippen LogP contribution is 2.38. The van der Waals surface area contributed by atoms with Crippen molar-refractivity contribution in [2.24, 2.45) is 5.92 Å². The van der Waals surface area contributed by atoms with Crippen LogP contribution in [-0.2, 0) is 11.3 Å². The van der Waals surface area contributed by atoms with E-state index in [9.17, 15) is 4.79 Å².